The molecule has 1 unspecified atom stereocenters. The van der Waals surface area contributed by atoms with Crippen LogP contribution in [-0.2, 0) is 16.2 Å². The molecule has 4 rings (SSSR count). The van der Waals surface area contributed by atoms with Crippen LogP contribution in [0.15, 0.2) is 66.7 Å². The first-order chi connectivity index (χ1) is 15.5. The van der Waals surface area contributed by atoms with Crippen molar-refractivity contribution in [2.75, 3.05) is 30.1 Å². The molecule has 1 heterocycles. The number of amides is 1. The van der Waals surface area contributed by atoms with E-state index in [9.17, 15) is 4.79 Å². The van der Waals surface area contributed by atoms with E-state index < -0.39 is 0 Å². The van der Waals surface area contributed by atoms with E-state index in [2.05, 4.69) is 26.7 Å². The zero-order chi connectivity index (χ0) is 22.7. The summed E-state index contributed by atoms with van der Waals surface area (Å²) in [7, 11) is 1.95. The molecular formula is C24H26N6O2. The van der Waals surface area contributed by atoms with Gasteiger partial charge in [-0.3, -0.25) is 15.1 Å². The Balaban J connectivity index is 1.59. The highest BCUT2D eigenvalue weighted by Crippen LogP contribution is 2.30. The largest absolute Gasteiger partial charge is 0.398 e. The van der Waals surface area contributed by atoms with E-state index in [1.807, 2.05) is 25.2 Å². The van der Waals surface area contributed by atoms with Crippen LogP contribution in [-0.4, -0.2) is 30.1 Å². The van der Waals surface area contributed by atoms with Gasteiger partial charge in [0, 0.05) is 29.0 Å². The molecule has 0 bridgehead atoms. The lowest BCUT2D eigenvalue weighted by Gasteiger charge is -2.33. The molecule has 0 saturated heterocycles. The highest BCUT2D eigenvalue weighted by molar-refractivity contribution is 6.15. The van der Waals surface area contributed by atoms with Crippen LogP contribution < -0.4 is 22.4 Å². The van der Waals surface area contributed by atoms with E-state index in [1.54, 1.807) is 42.5 Å². The third kappa shape index (κ3) is 4.33. The minimum absolute atomic E-state index is 0.117. The van der Waals surface area contributed by atoms with Crippen molar-refractivity contribution in [1.29, 1.82) is 5.41 Å². The van der Waals surface area contributed by atoms with E-state index in [0.29, 0.717) is 28.2 Å². The summed E-state index contributed by atoms with van der Waals surface area (Å²) >= 11 is 0. The summed E-state index contributed by atoms with van der Waals surface area (Å²) < 4.78 is 0. The lowest BCUT2D eigenvalue weighted by atomic mass is 9.92. The molecule has 0 aromatic heterocycles. The van der Waals surface area contributed by atoms with Gasteiger partial charge in [0.25, 0.3) is 0 Å². The van der Waals surface area contributed by atoms with Crippen molar-refractivity contribution in [1.82, 2.24) is 4.90 Å². The van der Waals surface area contributed by atoms with Crippen molar-refractivity contribution >= 4 is 28.7 Å². The van der Waals surface area contributed by atoms with Crippen molar-refractivity contribution in [3.8, 4) is 0 Å². The number of carbonyl (C=O) groups is 1. The Kier molecular flexibility index (Phi) is 6.18. The highest BCUT2D eigenvalue weighted by atomic mass is 16.8. The SMILES string of the molecule is CN1CCc2ccccc2C1C(=O)Nc1ccc(N)c(C(=N)c2cccc(NON)c2)c1. The Bertz CT molecular complexity index is 1160. The number of anilines is 3. The van der Waals surface area contributed by atoms with E-state index in [0.717, 1.165) is 18.5 Å². The number of benzene rings is 3. The first-order valence-electron chi connectivity index (χ1n) is 10.3. The summed E-state index contributed by atoms with van der Waals surface area (Å²) in [5, 5.41) is 11.7. The second-order valence-electron chi connectivity index (χ2n) is 7.80. The Morgan fingerprint density at radius 2 is 1.91 bits per heavy atom. The highest BCUT2D eigenvalue weighted by Gasteiger charge is 2.30. The minimum Gasteiger partial charge on any atom is -0.398 e. The summed E-state index contributed by atoms with van der Waals surface area (Å²) in [5.41, 5.74) is 13.9. The van der Waals surface area contributed by atoms with Gasteiger partial charge >= 0.3 is 0 Å². The lowest BCUT2D eigenvalue weighted by Crippen LogP contribution is -2.39. The van der Waals surface area contributed by atoms with Crippen molar-refractivity contribution in [2.45, 2.75) is 12.5 Å². The fourth-order valence-corrected chi connectivity index (χ4v) is 4.06. The van der Waals surface area contributed by atoms with Crippen LogP contribution in [0.5, 0.6) is 0 Å². The van der Waals surface area contributed by atoms with Gasteiger partial charge in [-0.1, -0.05) is 36.4 Å². The smallest absolute Gasteiger partial charge is 0.246 e. The summed E-state index contributed by atoms with van der Waals surface area (Å²) in [6, 6.07) is 19.9. The van der Waals surface area contributed by atoms with Gasteiger partial charge in [-0.2, -0.15) is 10.8 Å². The predicted molar refractivity (Wildman–Crippen MR) is 126 cm³/mol. The van der Waals surface area contributed by atoms with Crippen molar-refractivity contribution in [2.24, 2.45) is 5.90 Å². The second kappa shape index (κ2) is 9.19. The first kappa shape index (κ1) is 21.5. The standard InChI is InChI=1S/C24H26N6O2/c1-30-12-11-15-5-2-3-8-19(15)23(30)24(31)28-17-9-10-21(25)20(14-17)22(26)16-6-4-7-18(13-16)29-32-27/h2-10,13-14,23,26,29H,11-12,25,27H2,1H3,(H,28,31). The number of likely N-dealkylation sites (N-methyl/N-ethyl adjacent to an activating group) is 1. The Hall–Kier alpha value is -3.72. The molecule has 1 amide bonds. The number of carbonyl (C=O) groups excluding carboxylic acids is 1. The molecule has 8 nitrogen and oxygen atoms in total. The predicted octanol–water partition coefficient (Wildman–Crippen LogP) is 3.07. The van der Waals surface area contributed by atoms with Crippen molar-refractivity contribution < 1.29 is 9.73 Å². The number of rotatable bonds is 6. The molecule has 32 heavy (non-hydrogen) atoms. The molecule has 0 spiro atoms. The van der Waals surface area contributed by atoms with Gasteiger partial charge in [-0.25, -0.2) is 5.48 Å². The van der Waals surface area contributed by atoms with Gasteiger partial charge in [-0.15, -0.1) is 0 Å². The zero-order valence-corrected chi connectivity index (χ0v) is 17.8. The molecule has 7 N–H and O–H groups in total. The van der Waals surface area contributed by atoms with Crippen LogP contribution in [0.4, 0.5) is 17.1 Å². The maximum absolute atomic E-state index is 13.2. The Morgan fingerprint density at radius 3 is 2.72 bits per heavy atom. The molecule has 8 heteroatoms. The number of nitrogen functional groups attached to an aromatic ring is 1. The quantitative estimate of drug-likeness (QED) is 0.232. The average molecular weight is 431 g/mol. The summed E-state index contributed by atoms with van der Waals surface area (Å²) in [4.78, 5) is 19.7. The molecule has 0 fully saturated rings. The number of fused-ring (bicyclic) bond motifs is 1. The van der Waals surface area contributed by atoms with Gasteiger partial charge in [0.15, 0.2) is 0 Å². The summed E-state index contributed by atoms with van der Waals surface area (Å²) in [6.45, 7) is 0.809. The van der Waals surface area contributed by atoms with Crippen LogP contribution in [0.2, 0.25) is 0 Å². The second-order valence-corrected chi connectivity index (χ2v) is 7.80. The van der Waals surface area contributed by atoms with Crippen LogP contribution in [0.25, 0.3) is 0 Å². The number of hydrogen-bond acceptors (Lipinski definition) is 7. The topological polar surface area (TPSA) is 129 Å². The molecule has 164 valence electrons. The molecule has 1 aliphatic heterocycles. The molecular weight excluding hydrogens is 404 g/mol. The van der Waals surface area contributed by atoms with E-state index in [4.69, 9.17) is 17.0 Å². The van der Waals surface area contributed by atoms with E-state index in [-0.39, 0.29) is 17.7 Å². The van der Waals surface area contributed by atoms with Gasteiger partial charge in [0.05, 0.1) is 11.4 Å². The third-order valence-electron chi connectivity index (χ3n) is 5.69. The van der Waals surface area contributed by atoms with E-state index >= 15 is 0 Å². The minimum atomic E-state index is -0.376. The third-order valence-corrected chi connectivity index (χ3v) is 5.69. The number of nitrogens with two attached hydrogens (primary N) is 2. The number of nitrogens with zero attached hydrogens (tertiary/aromatic N) is 1. The van der Waals surface area contributed by atoms with Gasteiger partial charge in [-0.05, 0) is 54.9 Å². The maximum Gasteiger partial charge on any atom is 0.246 e. The molecule has 3 aromatic carbocycles. The van der Waals surface area contributed by atoms with Crippen molar-refractivity contribution in [3.63, 3.8) is 0 Å². The molecule has 1 atom stereocenters. The molecule has 0 radical (unpaired) electrons. The monoisotopic (exact) mass is 430 g/mol. The van der Waals surface area contributed by atoms with Crippen LogP contribution >= 0.6 is 0 Å². The van der Waals surface area contributed by atoms with Crippen molar-refractivity contribution in [3.05, 3.63) is 89.0 Å². The van der Waals surface area contributed by atoms with Crippen LogP contribution in [0.1, 0.15) is 28.3 Å². The number of nitrogens with one attached hydrogen (secondary N) is 3. The van der Waals surface area contributed by atoms with Crippen LogP contribution in [0.3, 0.4) is 0 Å². The Labute approximate surface area is 186 Å². The maximum atomic E-state index is 13.2. The molecule has 0 saturated carbocycles. The lowest BCUT2D eigenvalue weighted by molar-refractivity contribution is -0.121. The molecule has 3 aromatic rings. The van der Waals surface area contributed by atoms with Gasteiger partial charge in [0.2, 0.25) is 5.91 Å². The van der Waals surface area contributed by atoms with Gasteiger partial charge < -0.3 is 11.1 Å². The Morgan fingerprint density at radius 1 is 1.09 bits per heavy atom. The molecule has 0 aliphatic carbocycles. The first-order valence-corrected chi connectivity index (χ1v) is 10.3. The normalized spacial score (nSPS) is 15.6. The number of hydrogen-bond donors (Lipinski definition) is 5. The summed E-state index contributed by atoms with van der Waals surface area (Å²) in [6.07, 6.45) is 0.919. The zero-order valence-electron chi connectivity index (χ0n) is 17.8. The van der Waals surface area contributed by atoms with Gasteiger partial charge in [0.1, 0.15) is 6.04 Å². The molecule has 1 aliphatic rings. The average Bonchev–Trinajstić information content (AvgIpc) is 2.80. The summed E-state index contributed by atoms with van der Waals surface area (Å²) in [5.74, 6) is 4.94. The van der Waals surface area contributed by atoms with Crippen LogP contribution in [0, 0.1) is 5.41 Å². The fraction of sp³-hybridized carbons (Fsp3) is 0.167. The fourth-order valence-electron chi connectivity index (χ4n) is 4.06. The van der Waals surface area contributed by atoms with E-state index in [1.165, 1.54) is 5.56 Å².